The van der Waals surface area contributed by atoms with Crippen LogP contribution in [0, 0.1) is 6.92 Å². The molecule has 0 fully saturated rings. The van der Waals surface area contributed by atoms with E-state index in [1.54, 1.807) is 24.3 Å². The molecule has 0 unspecified atom stereocenters. The molecule has 5 nitrogen and oxygen atoms in total. The molecule has 0 saturated carbocycles. The van der Waals surface area contributed by atoms with Crippen LogP contribution in [0.15, 0.2) is 45.6 Å². The first kappa shape index (κ1) is 13.6. The summed E-state index contributed by atoms with van der Waals surface area (Å²) in [6, 6.07) is 8.09. The van der Waals surface area contributed by atoms with Gasteiger partial charge in [-0.15, -0.1) is 0 Å². The van der Waals surface area contributed by atoms with E-state index in [9.17, 15) is 14.7 Å². The van der Waals surface area contributed by atoms with Crippen LogP contribution in [-0.2, 0) is 0 Å². The summed E-state index contributed by atoms with van der Waals surface area (Å²) in [4.78, 5) is 23.5. The predicted octanol–water partition coefficient (Wildman–Crippen LogP) is 2.13. The van der Waals surface area contributed by atoms with Crippen LogP contribution in [0.4, 0.5) is 5.69 Å². The highest BCUT2D eigenvalue weighted by molar-refractivity contribution is 6.08. The number of carbonyl (C=O) groups excluding carboxylic acids is 1. The van der Waals surface area contributed by atoms with Gasteiger partial charge in [-0.3, -0.25) is 4.79 Å². The van der Waals surface area contributed by atoms with Crippen LogP contribution in [0.25, 0.3) is 6.08 Å². The number of ketones is 1. The first-order valence-electron chi connectivity index (χ1n) is 5.89. The molecule has 1 heterocycles. The maximum absolute atomic E-state index is 11.9. The highest BCUT2D eigenvalue weighted by atomic mass is 16.4. The Morgan fingerprint density at radius 2 is 1.95 bits per heavy atom. The molecule has 20 heavy (non-hydrogen) atoms. The minimum Gasteiger partial charge on any atom is -0.507 e. The van der Waals surface area contributed by atoms with Gasteiger partial charge in [-0.2, -0.15) is 0 Å². The smallest absolute Gasteiger partial charge is 0.351 e. The van der Waals surface area contributed by atoms with E-state index in [2.05, 4.69) is 0 Å². The van der Waals surface area contributed by atoms with Crippen molar-refractivity contribution in [3.63, 3.8) is 0 Å². The van der Waals surface area contributed by atoms with Crippen LogP contribution >= 0.6 is 0 Å². The van der Waals surface area contributed by atoms with Crippen LogP contribution in [0.2, 0.25) is 0 Å². The second kappa shape index (κ2) is 5.44. The second-order valence-electron chi connectivity index (χ2n) is 4.27. The third-order valence-electron chi connectivity index (χ3n) is 2.66. The van der Waals surface area contributed by atoms with Crippen LogP contribution in [0.5, 0.6) is 5.75 Å². The highest BCUT2D eigenvalue weighted by Crippen LogP contribution is 2.16. The molecule has 0 spiro atoms. The summed E-state index contributed by atoms with van der Waals surface area (Å²) in [6.07, 6.45) is 2.73. The number of anilines is 1. The van der Waals surface area contributed by atoms with Crippen molar-refractivity contribution in [1.82, 2.24) is 0 Å². The quantitative estimate of drug-likeness (QED) is 0.506. The molecule has 0 bridgehead atoms. The average Bonchev–Trinajstić information content (AvgIpc) is 2.37. The lowest BCUT2D eigenvalue weighted by Crippen LogP contribution is -2.12. The van der Waals surface area contributed by atoms with Crippen LogP contribution in [0.1, 0.15) is 21.7 Å². The molecule has 0 aliphatic heterocycles. The van der Waals surface area contributed by atoms with Gasteiger partial charge in [-0.25, -0.2) is 4.79 Å². The van der Waals surface area contributed by atoms with Crippen molar-refractivity contribution in [3.8, 4) is 5.75 Å². The fourth-order valence-corrected chi connectivity index (χ4v) is 1.69. The molecule has 0 aliphatic rings. The Bertz CT molecular complexity index is 727. The minimum absolute atomic E-state index is 0.242. The Labute approximate surface area is 115 Å². The van der Waals surface area contributed by atoms with Gasteiger partial charge >= 0.3 is 5.63 Å². The Hall–Kier alpha value is -2.82. The highest BCUT2D eigenvalue weighted by Gasteiger charge is 2.15. The van der Waals surface area contributed by atoms with Crippen molar-refractivity contribution in [2.75, 3.05) is 5.73 Å². The van der Waals surface area contributed by atoms with Crippen LogP contribution < -0.4 is 11.4 Å². The van der Waals surface area contributed by atoms with Gasteiger partial charge in [-0.05, 0) is 30.7 Å². The zero-order valence-corrected chi connectivity index (χ0v) is 10.8. The van der Waals surface area contributed by atoms with Crippen molar-refractivity contribution in [3.05, 3.63) is 63.7 Å². The molecule has 5 heteroatoms. The van der Waals surface area contributed by atoms with Crippen molar-refractivity contribution in [1.29, 1.82) is 0 Å². The lowest BCUT2D eigenvalue weighted by Gasteiger charge is -2.00. The van der Waals surface area contributed by atoms with E-state index in [4.69, 9.17) is 10.2 Å². The molecular formula is C15H13NO4. The number of rotatable bonds is 3. The molecule has 0 aliphatic carbocycles. The Balaban J connectivity index is 2.29. The van der Waals surface area contributed by atoms with E-state index < -0.39 is 11.4 Å². The maximum atomic E-state index is 11.9. The normalized spacial score (nSPS) is 10.8. The number of nitrogens with two attached hydrogens (primary N) is 1. The number of nitrogen functional groups attached to an aromatic ring is 1. The number of carbonyl (C=O) groups is 1. The molecule has 1 aromatic carbocycles. The Morgan fingerprint density at radius 1 is 1.30 bits per heavy atom. The number of aryl methyl sites for hydroxylation is 1. The average molecular weight is 271 g/mol. The molecule has 102 valence electrons. The summed E-state index contributed by atoms with van der Waals surface area (Å²) in [6.45, 7) is 1.51. The zero-order valence-electron chi connectivity index (χ0n) is 10.8. The lowest BCUT2D eigenvalue weighted by molar-refractivity contribution is 0.104. The van der Waals surface area contributed by atoms with Crippen LogP contribution in [-0.4, -0.2) is 10.9 Å². The van der Waals surface area contributed by atoms with Gasteiger partial charge < -0.3 is 15.3 Å². The van der Waals surface area contributed by atoms with Crippen molar-refractivity contribution in [2.24, 2.45) is 0 Å². The van der Waals surface area contributed by atoms with Gasteiger partial charge in [0.2, 0.25) is 0 Å². The standard InChI is InChI=1S/C15H13NO4/c1-9-8-13(18)14(15(19)20-9)12(17)7-4-10-2-5-11(16)6-3-10/h2-8,18H,16H2,1H3/b7-4+. The molecule has 1 aromatic heterocycles. The van der Waals surface area contributed by atoms with E-state index in [1.165, 1.54) is 25.1 Å². The molecule has 2 aromatic rings. The molecule has 0 radical (unpaired) electrons. The Kier molecular flexibility index (Phi) is 3.70. The van der Waals surface area contributed by atoms with Crippen molar-refractivity contribution >= 4 is 17.5 Å². The zero-order chi connectivity index (χ0) is 14.7. The topological polar surface area (TPSA) is 93.5 Å². The third-order valence-corrected chi connectivity index (χ3v) is 2.66. The molecule has 0 atom stereocenters. The fraction of sp³-hybridized carbons (Fsp3) is 0.0667. The number of allylic oxidation sites excluding steroid dienone is 1. The van der Waals surface area contributed by atoms with E-state index in [1.807, 2.05) is 0 Å². The first-order chi connectivity index (χ1) is 9.47. The lowest BCUT2D eigenvalue weighted by atomic mass is 10.1. The summed E-state index contributed by atoms with van der Waals surface area (Å²) in [7, 11) is 0. The number of aromatic hydroxyl groups is 1. The number of hydrogen-bond donors (Lipinski definition) is 2. The maximum Gasteiger partial charge on any atom is 0.351 e. The van der Waals surface area contributed by atoms with Gasteiger partial charge in [0, 0.05) is 11.8 Å². The number of benzene rings is 1. The second-order valence-corrected chi connectivity index (χ2v) is 4.27. The largest absolute Gasteiger partial charge is 0.507 e. The molecule has 0 amide bonds. The SMILES string of the molecule is Cc1cc(O)c(C(=O)/C=C/c2ccc(N)cc2)c(=O)o1. The van der Waals surface area contributed by atoms with Crippen LogP contribution in [0.3, 0.4) is 0 Å². The summed E-state index contributed by atoms with van der Waals surface area (Å²) < 4.78 is 4.79. The minimum atomic E-state index is -0.852. The fourth-order valence-electron chi connectivity index (χ4n) is 1.69. The predicted molar refractivity (Wildman–Crippen MR) is 75.6 cm³/mol. The van der Waals surface area contributed by atoms with E-state index in [0.717, 1.165) is 5.56 Å². The van der Waals surface area contributed by atoms with E-state index in [0.29, 0.717) is 5.69 Å². The van der Waals surface area contributed by atoms with Crippen molar-refractivity contribution < 1.29 is 14.3 Å². The van der Waals surface area contributed by atoms with Gasteiger partial charge in [0.15, 0.2) is 5.78 Å². The van der Waals surface area contributed by atoms with Gasteiger partial charge in [0.05, 0.1) is 0 Å². The third kappa shape index (κ3) is 2.95. The number of hydrogen-bond acceptors (Lipinski definition) is 5. The molecule has 2 rings (SSSR count). The molecular weight excluding hydrogens is 258 g/mol. The summed E-state index contributed by atoms with van der Waals surface area (Å²) in [5, 5.41) is 9.64. The summed E-state index contributed by atoms with van der Waals surface area (Å²) in [5.41, 5.74) is 5.69. The van der Waals surface area contributed by atoms with Gasteiger partial charge in [0.1, 0.15) is 17.1 Å². The molecule has 0 saturated heterocycles. The summed E-state index contributed by atoms with van der Waals surface area (Å²) >= 11 is 0. The summed E-state index contributed by atoms with van der Waals surface area (Å²) in [5.74, 6) is -0.759. The van der Waals surface area contributed by atoms with Gasteiger partial charge in [0.25, 0.3) is 0 Å². The Morgan fingerprint density at radius 3 is 2.55 bits per heavy atom. The molecule has 3 N–H and O–H groups in total. The first-order valence-corrected chi connectivity index (χ1v) is 5.89. The van der Waals surface area contributed by atoms with Crippen molar-refractivity contribution in [2.45, 2.75) is 6.92 Å². The van der Waals surface area contributed by atoms with Gasteiger partial charge in [-0.1, -0.05) is 18.2 Å². The van der Waals surface area contributed by atoms with E-state index >= 15 is 0 Å². The monoisotopic (exact) mass is 271 g/mol. The van der Waals surface area contributed by atoms with E-state index in [-0.39, 0.29) is 17.1 Å².